The first-order chi connectivity index (χ1) is 13.0. The Kier molecular flexibility index (Phi) is 5.69. The number of rotatable bonds is 7. The molecular weight excluding hydrogens is 362 g/mol. The molecule has 27 heavy (non-hydrogen) atoms. The van der Waals surface area contributed by atoms with E-state index < -0.39 is 16.0 Å². The van der Waals surface area contributed by atoms with Gasteiger partial charge < -0.3 is 5.11 Å². The van der Waals surface area contributed by atoms with Crippen LogP contribution in [0.1, 0.15) is 11.1 Å². The van der Waals surface area contributed by atoms with Crippen molar-refractivity contribution < 1.29 is 18.3 Å². The van der Waals surface area contributed by atoms with E-state index in [1.807, 2.05) is 36.4 Å². The Hall–Kier alpha value is -2.96. The first-order valence-corrected chi connectivity index (χ1v) is 9.91. The maximum Gasteiger partial charge on any atom is 0.328 e. The molecule has 3 aromatic rings. The second-order valence-electron chi connectivity index (χ2n) is 6.04. The van der Waals surface area contributed by atoms with Gasteiger partial charge in [-0.15, -0.1) is 0 Å². The highest BCUT2D eigenvalue weighted by Crippen LogP contribution is 2.22. The van der Waals surface area contributed by atoms with Gasteiger partial charge in [0.05, 0.1) is 4.90 Å². The fraction of sp³-hybridized carbons (Fsp3) is 0.0952. The van der Waals surface area contributed by atoms with Gasteiger partial charge in [0, 0.05) is 18.0 Å². The normalized spacial score (nSPS) is 11.9. The van der Waals surface area contributed by atoms with Crippen molar-refractivity contribution in [3.8, 4) is 0 Å². The molecule has 3 aromatic carbocycles. The zero-order valence-electron chi connectivity index (χ0n) is 14.5. The molecule has 0 amide bonds. The van der Waals surface area contributed by atoms with Gasteiger partial charge in [0.15, 0.2) is 0 Å². The van der Waals surface area contributed by atoms with Crippen LogP contribution in [0, 0.1) is 0 Å². The molecule has 0 aliphatic carbocycles. The summed E-state index contributed by atoms with van der Waals surface area (Å²) in [5.74, 6) is -0.998. The minimum absolute atomic E-state index is 0.273. The lowest BCUT2D eigenvalue weighted by Crippen LogP contribution is -2.26. The van der Waals surface area contributed by atoms with Crippen LogP contribution in [0.2, 0.25) is 0 Å². The van der Waals surface area contributed by atoms with Crippen molar-refractivity contribution in [1.29, 1.82) is 0 Å². The first-order valence-electron chi connectivity index (χ1n) is 8.43. The number of carboxylic acids is 1. The monoisotopic (exact) mass is 381 g/mol. The zero-order chi connectivity index (χ0) is 19.3. The number of carboxylic acid groups (broad SMARTS) is 1. The SMILES string of the molecule is O=C(O)C=Cc1ccc(CCNS(=O)(=O)c2cccc3ccccc23)cc1. The minimum atomic E-state index is -3.61. The molecule has 5 nitrogen and oxygen atoms in total. The first kappa shape index (κ1) is 18.8. The summed E-state index contributed by atoms with van der Waals surface area (Å²) >= 11 is 0. The molecule has 0 heterocycles. The van der Waals surface area contributed by atoms with E-state index in [9.17, 15) is 13.2 Å². The molecule has 3 rings (SSSR count). The van der Waals surface area contributed by atoms with Crippen LogP contribution in [-0.4, -0.2) is 26.0 Å². The molecule has 0 aromatic heterocycles. The fourth-order valence-corrected chi connectivity index (χ4v) is 4.06. The topological polar surface area (TPSA) is 83.5 Å². The summed E-state index contributed by atoms with van der Waals surface area (Å²) in [5, 5.41) is 10.2. The molecule has 0 fully saturated rings. The number of benzene rings is 3. The summed E-state index contributed by atoms with van der Waals surface area (Å²) in [4.78, 5) is 10.8. The molecule has 0 atom stereocenters. The van der Waals surface area contributed by atoms with Crippen LogP contribution in [0.4, 0.5) is 0 Å². The van der Waals surface area contributed by atoms with Crippen LogP contribution in [0.15, 0.2) is 77.7 Å². The van der Waals surface area contributed by atoms with Gasteiger partial charge in [-0.1, -0.05) is 60.7 Å². The molecule has 0 radical (unpaired) electrons. The standard InChI is InChI=1S/C21H19NO4S/c23-21(24)13-12-16-8-10-17(11-9-16)14-15-22-27(25,26)20-7-3-5-18-4-1-2-6-19(18)20/h1-13,22H,14-15H2,(H,23,24). The maximum absolute atomic E-state index is 12.7. The lowest BCUT2D eigenvalue weighted by atomic mass is 10.1. The largest absolute Gasteiger partial charge is 0.478 e. The summed E-state index contributed by atoms with van der Waals surface area (Å²) in [6.45, 7) is 0.274. The number of fused-ring (bicyclic) bond motifs is 1. The number of nitrogens with one attached hydrogen (secondary N) is 1. The van der Waals surface area contributed by atoms with Crippen molar-refractivity contribution in [3.63, 3.8) is 0 Å². The van der Waals surface area contributed by atoms with Crippen LogP contribution in [0.25, 0.3) is 16.8 Å². The summed E-state index contributed by atoms with van der Waals surface area (Å²) in [6.07, 6.45) is 3.12. The Morgan fingerprint density at radius 2 is 1.67 bits per heavy atom. The summed E-state index contributed by atoms with van der Waals surface area (Å²) in [5.41, 5.74) is 1.74. The van der Waals surface area contributed by atoms with Crippen molar-refractivity contribution in [3.05, 3.63) is 83.9 Å². The Bertz CT molecular complexity index is 1080. The van der Waals surface area contributed by atoms with Crippen LogP contribution in [0.5, 0.6) is 0 Å². The van der Waals surface area contributed by atoms with Gasteiger partial charge in [-0.25, -0.2) is 17.9 Å². The predicted octanol–water partition coefficient (Wildman–Crippen LogP) is 3.46. The molecule has 0 bridgehead atoms. The van der Waals surface area contributed by atoms with Crippen molar-refractivity contribution >= 4 is 32.8 Å². The predicted molar refractivity (Wildman–Crippen MR) is 106 cm³/mol. The zero-order valence-corrected chi connectivity index (χ0v) is 15.3. The molecular formula is C21H19NO4S. The van der Waals surface area contributed by atoms with E-state index in [0.29, 0.717) is 11.8 Å². The Labute approximate surface area is 158 Å². The molecule has 0 spiro atoms. The van der Waals surface area contributed by atoms with Gasteiger partial charge in [0.2, 0.25) is 10.0 Å². The van der Waals surface area contributed by atoms with Gasteiger partial charge in [-0.05, 0) is 35.1 Å². The van der Waals surface area contributed by atoms with E-state index >= 15 is 0 Å². The number of hydrogen-bond donors (Lipinski definition) is 2. The third kappa shape index (κ3) is 4.81. The number of hydrogen-bond acceptors (Lipinski definition) is 3. The molecule has 0 saturated carbocycles. The van der Waals surface area contributed by atoms with E-state index in [2.05, 4.69) is 4.72 Å². The average molecular weight is 381 g/mol. The van der Waals surface area contributed by atoms with Gasteiger partial charge in [0.1, 0.15) is 0 Å². The highest BCUT2D eigenvalue weighted by atomic mass is 32.2. The van der Waals surface area contributed by atoms with Crippen LogP contribution >= 0.6 is 0 Å². The van der Waals surface area contributed by atoms with Crippen molar-refractivity contribution in [2.45, 2.75) is 11.3 Å². The number of aliphatic carboxylic acids is 1. The highest BCUT2D eigenvalue weighted by molar-refractivity contribution is 7.89. The average Bonchev–Trinajstić information content (AvgIpc) is 2.66. The molecule has 0 unspecified atom stereocenters. The Balaban J connectivity index is 1.66. The van der Waals surface area contributed by atoms with Gasteiger partial charge in [0.25, 0.3) is 0 Å². The van der Waals surface area contributed by atoms with E-state index in [0.717, 1.165) is 22.6 Å². The minimum Gasteiger partial charge on any atom is -0.478 e. The number of sulfonamides is 1. The van der Waals surface area contributed by atoms with E-state index in [4.69, 9.17) is 5.11 Å². The van der Waals surface area contributed by atoms with Crippen LogP contribution < -0.4 is 4.72 Å². The third-order valence-electron chi connectivity index (χ3n) is 4.14. The Morgan fingerprint density at radius 1 is 0.963 bits per heavy atom. The molecule has 2 N–H and O–H groups in total. The summed E-state index contributed by atoms with van der Waals surface area (Å²) in [7, 11) is -3.61. The number of carbonyl (C=O) groups is 1. The quantitative estimate of drug-likeness (QED) is 0.614. The van der Waals surface area contributed by atoms with Gasteiger partial charge in [-0.3, -0.25) is 0 Å². The van der Waals surface area contributed by atoms with Gasteiger partial charge in [-0.2, -0.15) is 0 Å². The second-order valence-corrected chi connectivity index (χ2v) is 7.77. The van der Waals surface area contributed by atoms with E-state index in [1.54, 1.807) is 30.3 Å². The van der Waals surface area contributed by atoms with Gasteiger partial charge >= 0.3 is 5.97 Å². The Morgan fingerprint density at radius 3 is 2.41 bits per heavy atom. The maximum atomic E-state index is 12.7. The van der Waals surface area contributed by atoms with E-state index in [1.165, 1.54) is 6.08 Å². The highest BCUT2D eigenvalue weighted by Gasteiger charge is 2.16. The molecule has 0 saturated heterocycles. The summed E-state index contributed by atoms with van der Waals surface area (Å²) in [6, 6.07) is 19.9. The van der Waals surface area contributed by atoms with Crippen LogP contribution in [0.3, 0.4) is 0 Å². The molecule has 0 aliphatic rings. The van der Waals surface area contributed by atoms with Crippen LogP contribution in [-0.2, 0) is 21.2 Å². The summed E-state index contributed by atoms with van der Waals surface area (Å²) < 4.78 is 28.0. The van der Waals surface area contributed by atoms with Crippen molar-refractivity contribution in [2.24, 2.45) is 0 Å². The molecule has 0 aliphatic heterocycles. The molecule has 138 valence electrons. The lowest BCUT2D eigenvalue weighted by molar-refractivity contribution is -0.131. The van der Waals surface area contributed by atoms with Crippen molar-refractivity contribution in [1.82, 2.24) is 4.72 Å². The fourth-order valence-electron chi connectivity index (χ4n) is 2.80. The smallest absolute Gasteiger partial charge is 0.328 e. The lowest BCUT2D eigenvalue weighted by Gasteiger charge is -2.10. The molecule has 6 heteroatoms. The van der Waals surface area contributed by atoms with E-state index in [-0.39, 0.29) is 11.4 Å². The third-order valence-corrected chi connectivity index (χ3v) is 5.66. The second kappa shape index (κ2) is 8.16. The van der Waals surface area contributed by atoms with Crippen molar-refractivity contribution in [2.75, 3.05) is 6.54 Å².